The molecule has 111 heavy (non-hydrogen) atoms. The van der Waals surface area contributed by atoms with Crippen LogP contribution in [0.2, 0.25) is 0 Å². The highest BCUT2D eigenvalue weighted by atomic mass is 32.2. The van der Waals surface area contributed by atoms with E-state index >= 15 is 0 Å². The van der Waals surface area contributed by atoms with Gasteiger partial charge in [-0.3, -0.25) is 28.8 Å². The standard InChI is InChI=1S/C37H29N3O6S2.C22H18N2O4S2.C21H14F4N4O3S/c1-25-17-26(2)19-34(18-25)48(44,45)33-13-7-29(8-14-33)24-40(37(41)35-20-30-15-16-39-22-36(30)46-35)23-28-5-11-32(12-6-28)47(42,43)31-9-3-27(21-38)4-10-31;1-28-17-4-8-19(9-5-17)30(26,27)18-6-2-15(3-7-18)13-24-22(25)20-12-16-10-11-23-14-21(16)29-20;22-15-3-6-18(17(9-15)21(23,24)25)33(31,32)16-4-1-13(2-5-16)10-27-19(30)14-11-28-20-26-7-8-29(20)12-14/h3-20,22H,23-24H2,1-2H3;2-12,14H,13H2,1H3,(H,24,25);1-9,11-12H,10H2,(H,27,30). The number of pyridine rings is 2. The summed E-state index contributed by atoms with van der Waals surface area (Å²) in [5, 5.41) is 16.2. The summed E-state index contributed by atoms with van der Waals surface area (Å²) in [5.74, 6) is -1.09. The van der Waals surface area contributed by atoms with Crippen LogP contribution < -0.4 is 15.4 Å². The number of carbonyl (C=O) groups excluding carboxylic acids is 3. The second-order valence-electron chi connectivity index (χ2n) is 24.9. The molecule has 0 spiro atoms. The minimum atomic E-state index is -5.05. The summed E-state index contributed by atoms with van der Waals surface area (Å²) in [6, 6.07) is 51.7. The molecule has 2 N–H and O–H groups in total. The van der Waals surface area contributed by atoms with E-state index in [2.05, 4.69) is 30.6 Å². The number of ether oxygens (including phenoxy) is 1. The van der Waals surface area contributed by atoms with Gasteiger partial charge in [0.2, 0.25) is 45.1 Å². The van der Waals surface area contributed by atoms with Crippen molar-refractivity contribution in [3.05, 3.63) is 322 Å². The molecular weight excluding hydrogens is 1530 g/mol. The molecule has 0 aliphatic rings. The summed E-state index contributed by atoms with van der Waals surface area (Å²) in [6.45, 7) is 4.25. The van der Waals surface area contributed by atoms with Crippen molar-refractivity contribution in [3.8, 4) is 11.8 Å². The predicted octanol–water partition coefficient (Wildman–Crippen LogP) is 14.5. The number of amides is 3. The molecule has 8 aromatic carbocycles. The van der Waals surface area contributed by atoms with E-state index in [1.807, 2.05) is 38.1 Å². The number of hydrogen-bond acceptors (Lipinski definition) is 19. The Balaban J connectivity index is 0.000000160. The molecular formula is C80H61F4N9O13S5. The summed E-state index contributed by atoms with van der Waals surface area (Å²) in [4.78, 5) is 56.3. The molecule has 3 amide bonds. The number of carbonyl (C=O) groups is 3. The molecule has 14 aromatic rings. The lowest BCUT2D eigenvalue weighted by Gasteiger charge is -2.22. The number of imidazole rings is 1. The van der Waals surface area contributed by atoms with E-state index in [9.17, 15) is 65.6 Å². The van der Waals surface area contributed by atoms with Crippen molar-refractivity contribution in [2.75, 3.05) is 7.11 Å². The molecule has 0 radical (unpaired) electrons. The zero-order chi connectivity index (χ0) is 79.0. The zero-order valence-corrected chi connectivity index (χ0v) is 62.7. The average Bonchev–Trinajstić information content (AvgIpc) is 1.60. The van der Waals surface area contributed by atoms with Crippen molar-refractivity contribution in [1.82, 2.24) is 39.9 Å². The van der Waals surface area contributed by atoms with Gasteiger partial charge in [-0.1, -0.05) is 54.6 Å². The van der Waals surface area contributed by atoms with Gasteiger partial charge in [-0.2, -0.15) is 18.4 Å². The van der Waals surface area contributed by atoms with Gasteiger partial charge in [0, 0.05) is 74.9 Å². The third-order valence-corrected chi connectivity index (χ3v) is 25.4. The Morgan fingerprint density at radius 2 is 1.05 bits per heavy atom. The number of fused-ring (bicyclic) bond motifs is 3. The van der Waals surface area contributed by atoms with Crippen LogP contribution in [0.4, 0.5) is 17.6 Å². The van der Waals surface area contributed by atoms with Gasteiger partial charge >= 0.3 is 6.18 Å². The largest absolute Gasteiger partial charge is 0.497 e. The smallest absolute Gasteiger partial charge is 0.417 e. The van der Waals surface area contributed by atoms with Gasteiger partial charge in [0.15, 0.2) is 11.3 Å². The topological polar surface area (TPSA) is 317 Å². The number of halogens is 4. The van der Waals surface area contributed by atoms with Crippen LogP contribution >= 0.6 is 11.3 Å². The molecule has 0 saturated carbocycles. The van der Waals surface area contributed by atoms with E-state index in [4.69, 9.17) is 14.4 Å². The van der Waals surface area contributed by atoms with Crippen molar-refractivity contribution >= 4 is 95.2 Å². The fourth-order valence-electron chi connectivity index (χ4n) is 11.4. The van der Waals surface area contributed by atoms with Crippen LogP contribution in [-0.2, 0) is 71.7 Å². The first kappa shape index (κ1) is 78.0. The van der Waals surface area contributed by atoms with Crippen LogP contribution in [0, 0.1) is 31.0 Å². The molecule has 6 aromatic heterocycles. The number of nitrogens with one attached hydrogen (secondary N) is 2. The van der Waals surface area contributed by atoms with Gasteiger partial charge in [-0.05, 0) is 204 Å². The second-order valence-corrected chi connectivity index (χ2v) is 33.8. The van der Waals surface area contributed by atoms with Crippen LogP contribution in [0.15, 0.2) is 299 Å². The number of alkyl halides is 3. The Hall–Kier alpha value is -12.6. The number of rotatable bonds is 20. The molecule has 0 bridgehead atoms. The second kappa shape index (κ2) is 32.7. The number of aromatic nitrogens is 5. The number of methoxy groups -OCH3 is 1. The van der Waals surface area contributed by atoms with Crippen molar-refractivity contribution in [2.24, 2.45) is 0 Å². The SMILES string of the molecule is COc1ccc(S(=O)(=O)c2ccc(CNC(=O)c3cc4ccncc4s3)cc2)cc1.Cc1cc(C)cc(S(=O)(=O)c2ccc(CN(Cc3ccc(S(=O)(=O)c4ccc(C#N)cc4)cc3)C(=O)c3cc4ccncc4o3)cc2)c1.O=C(NCc1ccc(S(=O)(=O)c2ccc(F)cc2C(F)(F)F)cc1)c1cnc2nccn2c1. The third kappa shape index (κ3) is 18.1. The molecule has 0 unspecified atom stereocenters. The molecule has 562 valence electrons. The van der Waals surface area contributed by atoms with E-state index in [1.165, 1.54) is 110 Å². The van der Waals surface area contributed by atoms with Crippen LogP contribution in [0.25, 0.3) is 26.8 Å². The van der Waals surface area contributed by atoms with Crippen molar-refractivity contribution in [1.29, 1.82) is 5.26 Å². The lowest BCUT2D eigenvalue weighted by atomic mass is 10.1. The van der Waals surface area contributed by atoms with Crippen molar-refractivity contribution in [2.45, 2.75) is 85.4 Å². The maximum absolute atomic E-state index is 13.9. The van der Waals surface area contributed by atoms with E-state index in [0.29, 0.717) is 68.3 Å². The Labute approximate surface area is 637 Å². The fourth-order valence-corrected chi connectivity index (χ4v) is 17.8. The molecule has 6 heterocycles. The molecule has 31 heteroatoms. The first-order valence-corrected chi connectivity index (χ1v) is 40.0. The first-order chi connectivity index (χ1) is 53.0. The Morgan fingerprint density at radius 3 is 1.57 bits per heavy atom. The van der Waals surface area contributed by atoms with Gasteiger partial charge in [-0.15, -0.1) is 11.3 Å². The van der Waals surface area contributed by atoms with Gasteiger partial charge in [0.1, 0.15) is 11.6 Å². The van der Waals surface area contributed by atoms with E-state index in [-0.39, 0.29) is 72.3 Å². The molecule has 14 rings (SSSR count). The van der Waals surface area contributed by atoms with Crippen molar-refractivity contribution in [3.63, 3.8) is 0 Å². The van der Waals surface area contributed by atoms with E-state index in [0.717, 1.165) is 38.9 Å². The number of aryl methyl sites for hydroxylation is 2. The highest BCUT2D eigenvalue weighted by Gasteiger charge is 2.38. The average molecular weight is 1590 g/mol. The molecule has 0 aliphatic carbocycles. The third-order valence-electron chi connectivity index (χ3n) is 17.2. The highest BCUT2D eigenvalue weighted by molar-refractivity contribution is 7.92. The van der Waals surface area contributed by atoms with Gasteiger partial charge in [-0.25, -0.2) is 48.0 Å². The summed E-state index contributed by atoms with van der Waals surface area (Å²) < 4.78 is 171. The Morgan fingerprint density at radius 1 is 0.550 bits per heavy atom. The lowest BCUT2D eigenvalue weighted by Crippen LogP contribution is -2.30. The maximum atomic E-state index is 13.9. The number of benzene rings is 8. The summed E-state index contributed by atoms with van der Waals surface area (Å²) >= 11 is 1.38. The number of sulfone groups is 4. The van der Waals surface area contributed by atoms with Crippen LogP contribution in [0.3, 0.4) is 0 Å². The normalized spacial score (nSPS) is 11.7. The first-order valence-electron chi connectivity index (χ1n) is 33.2. The number of thiophene rings is 1. The molecule has 22 nitrogen and oxygen atoms in total. The van der Waals surface area contributed by atoms with Gasteiger partial charge < -0.3 is 24.7 Å². The predicted molar refractivity (Wildman–Crippen MR) is 402 cm³/mol. The maximum Gasteiger partial charge on any atom is 0.417 e. The zero-order valence-electron chi connectivity index (χ0n) is 58.6. The van der Waals surface area contributed by atoms with E-state index < -0.39 is 78.5 Å². The fraction of sp³-hybridized carbons (Fsp3) is 0.100. The lowest BCUT2D eigenvalue weighted by molar-refractivity contribution is -0.140. The molecule has 0 atom stereocenters. The minimum absolute atomic E-state index is 0.0332. The molecule has 0 saturated heterocycles. The summed E-state index contributed by atoms with van der Waals surface area (Å²) in [7, 11) is -14.2. The Bertz CT molecular complexity index is 6280. The highest BCUT2D eigenvalue weighted by Crippen LogP contribution is 2.38. The number of hydrogen-bond donors (Lipinski definition) is 2. The van der Waals surface area contributed by atoms with Crippen molar-refractivity contribution < 1.29 is 74.8 Å². The summed E-state index contributed by atoms with van der Waals surface area (Å²) in [6.07, 6.45) is 7.56. The van der Waals surface area contributed by atoms with E-state index in [1.54, 1.807) is 125 Å². The minimum Gasteiger partial charge on any atom is -0.497 e. The molecule has 0 fully saturated rings. The number of nitrogens with zero attached hydrogens (tertiary/aromatic N) is 7. The van der Waals surface area contributed by atoms with Crippen LogP contribution in [0.1, 0.15) is 75.1 Å². The molecule has 0 aliphatic heterocycles. The number of furan rings is 1. The van der Waals surface area contributed by atoms with Crippen LogP contribution in [-0.4, -0.2) is 87.7 Å². The quantitative estimate of drug-likeness (QED) is 0.0529. The Kier molecular flexibility index (Phi) is 23.0. The van der Waals surface area contributed by atoms with Gasteiger partial charge in [0.05, 0.1) is 84.8 Å². The summed E-state index contributed by atoms with van der Waals surface area (Å²) in [5.41, 5.74) is 3.86. The van der Waals surface area contributed by atoms with Gasteiger partial charge in [0.25, 0.3) is 17.7 Å². The number of nitriles is 1. The monoisotopic (exact) mass is 1590 g/mol. The van der Waals surface area contributed by atoms with Crippen LogP contribution in [0.5, 0.6) is 5.75 Å².